The Balaban J connectivity index is 1.59. The predicted molar refractivity (Wildman–Crippen MR) is 83.9 cm³/mol. The third-order valence-corrected chi connectivity index (χ3v) is 4.55. The normalized spacial score (nSPS) is 23.8. The molecule has 0 radical (unpaired) electrons. The maximum atomic E-state index is 5.41. The summed E-state index contributed by atoms with van der Waals surface area (Å²) in [5.74, 6) is 0.961. The first-order chi connectivity index (χ1) is 10.3. The summed E-state index contributed by atoms with van der Waals surface area (Å²) in [6.45, 7) is 7.24. The monoisotopic (exact) mass is 290 g/mol. The first-order valence-electron chi connectivity index (χ1n) is 7.99. The van der Waals surface area contributed by atoms with Gasteiger partial charge in [0, 0.05) is 31.7 Å². The van der Waals surface area contributed by atoms with Crippen LogP contribution in [0.25, 0.3) is 0 Å². The molecule has 1 aliphatic heterocycles. The second-order valence-electron chi connectivity index (χ2n) is 6.14. The zero-order valence-corrected chi connectivity index (χ0v) is 13.1. The first-order valence-corrected chi connectivity index (χ1v) is 7.99. The Morgan fingerprint density at radius 3 is 2.95 bits per heavy atom. The van der Waals surface area contributed by atoms with Crippen LogP contribution in [-0.2, 0) is 11.2 Å². The quantitative estimate of drug-likeness (QED) is 0.899. The van der Waals surface area contributed by atoms with E-state index in [1.165, 1.54) is 24.0 Å². The van der Waals surface area contributed by atoms with E-state index in [9.17, 15) is 0 Å². The number of fused-ring (bicyclic) bond motifs is 1. The Bertz CT molecular complexity index is 472. The predicted octanol–water partition coefficient (Wildman–Crippen LogP) is 1.99. The average molecular weight is 290 g/mol. The number of ether oxygens (including phenoxy) is 2. The Morgan fingerprint density at radius 2 is 2.19 bits per heavy atom. The van der Waals surface area contributed by atoms with Gasteiger partial charge in [0.25, 0.3) is 0 Å². The Kier molecular flexibility index (Phi) is 4.78. The summed E-state index contributed by atoms with van der Waals surface area (Å²) in [5.41, 5.74) is 2.88. The van der Waals surface area contributed by atoms with Crippen molar-refractivity contribution in [1.82, 2.24) is 10.2 Å². The third-order valence-electron chi connectivity index (χ3n) is 4.55. The van der Waals surface area contributed by atoms with Crippen LogP contribution >= 0.6 is 0 Å². The molecule has 4 heteroatoms. The number of nitrogens with zero attached hydrogens (tertiary/aromatic N) is 1. The van der Waals surface area contributed by atoms with E-state index in [-0.39, 0.29) is 0 Å². The van der Waals surface area contributed by atoms with E-state index in [4.69, 9.17) is 9.47 Å². The minimum atomic E-state index is 0.464. The minimum absolute atomic E-state index is 0.464. The van der Waals surface area contributed by atoms with Crippen molar-refractivity contribution < 1.29 is 9.47 Å². The van der Waals surface area contributed by atoms with Gasteiger partial charge in [-0.3, -0.25) is 4.90 Å². The summed E-state index contributed by atoms with van der Waals surface area (Å²) in [6, 6.07) is 7.43. The number of methoxy groups -OCH3 is 1. The molecule has 0 bridgehead atoms. The summed E-state index contributed by atoms with van der Waals surface area (Å²) in [6.07, 6.45) is 2.36. The molecule has 3 rings (SSSR count). The number of hydrogen-bond acceptors (Lipinski definition) is 4. The highest BCUT2D eigenvalue weighted by Gasteiger charge is 2.25. The Morgan fingerprint density at radius 1 is 1.38 bits per heavy atom. The highest BCUT2D eigenvalue weighted by Crippen LogP contribution is 2.34. The largest absolute Gasteiger partial charge is 0.497 e. The molecule has 1 fully saturated rings. The van der Waals surface area contributed by atoms with E-state index in [0.29, 0.717) is 12.1 Å². The van der Waals surface area contributed by atoms with Crippen molar-refractivity contribution in [3.05, 3.63) is 29.3 Å². The molecule has 21 heavy (non-hydrogen) atoms. The summed E-state index contributed by atoms with van der Waals surface area (Å²) in [5, 5.41) is 3.80. The van der Waals surface area contributed by atoms with Crippen LogP contribution in [0, 0.1) is 0 Å². The van der Waals surface area contributed by atoms with Gasteiger partial charge in [0.15, 0.2) is 0 Å². The van der Waals surface area contributed by atoms with Crippen LogP contribution in [0.5, 0.6) is 5.75 Å². The molecule has 1 aliphatic carbocycles. The van der Waals surface area contributed by atoms with Gasteiger partial charge < -0.3 is 14.8 Å². The maximum absolute atomic E-state index is 5.41. The molecule has 0 spiro atoms. The molecular weight excluding hydrogens is 264 g/mol. The summed E-state index contributed by atoms with van der Waals surface area (Å²) in [7, 11) is 1.74. The number of aryl methyl sites for hydroxylation is 1. The molecule has 1 heterocycles. The van der Waals surface area contributed by atoms with Crippen molar-refractivity contribution in [2.45, 2.75) is 31.8 Å². The van der Waals surface area contributed by atoms with Gasteiger partial charge in [-0.1, -0.05) is 6.07 Å². The Labute approximate surface area is 127 Å². The van der Waals surface area contributed by atoms with Gasteiger partial charge in [-0.2, -0.15) is 0 Å². The molecule has 2 atom stereocenters. The highest BCUT2D eigenvalue weighted by atomic mass is 16.5. The number of nitrogens with one attached hydrogen (secondary N) is 1. The maximum Gasteiger partial charge on any atom is 0.119 e. The van der Waals surface area contributed by atoms with Crippen molar-refractivity contribution in [3.8, 4) is 5.75 Å². The molecule has 1 saturated heterocycles. The molecule has 1 N–H and O–H groups in total. The second kappa shape index (κ2) is 6.77. The van der Waals surface area contributed by atoms with Crippen LogP contribution < -0.4 is 10.1 Å². The van der Waals surface area contributed by atoms with Crippen LogP contribution in [0.15, 0.2) is 18.2 Å². The average Bonchev–Trinajstić information content (AvgIpc) is 2.90. The first kappa shape index (κ1) is 14.8. The molecule has 4 nitrogen and oxygen atoms in total. The summed E-state index contributed by atoms with van der Waals surface area (Å²) in [4.78, 5) is 2.49. The lowest BCUT2D eigenvalue weighted by molar-refractivity contribution is 0.0338. The fourth-order valence-electron chi connectivity index (χ4n) is 3.45. The molecule has 0 amide bonds. The lowest BCUT2D eigenvalue weighted by atomic mass is 10.1. The van der Waals surface area contributed by atoms with Crippen molar-refractivity contribution in [2.24, 2.45) is 0 Å². The standard InChI is InChI=1S/C17H26N2O2/c1-13(12-19-7-9-21-10-8-19)18-17-6-4-14-3-5-15(20-2)11-16(14)17/h3,5,11,13,17-18H,4,6-10,12H2,1-2H3. The summed E-state index contributed by atoms with van der Waals surface area (Å²) < 4.78 is 10.8. The number of benzene rings is 1. The molecule has 2 aliphatic rings. The molecule has 0 aromatic heterocycles. The van der Waals surface area contributed by atoms with Crippen LogP contribution in [0.1, 0.15) is 30.5 Å². The van der Waals surface area contributed by atoms with Crippen LogP contribution in [0.3, 0.4) is 0 Å². The van der Waals surface area contributed by atoms with Gasteiger partial charge in [-0.15, -0.1) is 0 Å². The Hall–Kier alpha value is -1.10. The summed E-state index contributed by atoms with van der Waals surface area (Å²) >= 11 is 0. The smallest absolute Gasteiger partial charge is 0.119 e. The van der Waals surface area contributed by atoms with E-state index >= 15 is 0 Å². The van der Waals surface area contributed by atoms with Crippen LogP contribution in [0.2, 0.25) is 0 Å². The highest BCUT2D eigenvalue weighted by molar-refractivity contribution is 5.40. The minimum Gasteiger partial charge on any atom is -0.497 e. The van der Waals surface area contributed by atoms with Crippen molar-refractivity contribution in [2.75, 3.05) is 40.0 Å². The number of rotatable bonds is 5. The van der Waals surface area contributed by atoms with E-state index in [1.807, 2.05) is 0 Å². The van der Waals surface area contributed by atoms with Crippen LogP contribution in [0.4, 0.5) is 0 Å². The van der Waals surface area contributed by atoms with Crippen molar-refractivity contribution in [3.63, 3.8) is 0 Å². The van der Waals surface area contributed by atoms with Crippen molar-refractivity contribution >= 4 is 0 Å². The van der Waals surface area contributed by atoms with Gasteiger partial charge >= 0.3 is 0 Å². The van der Waals surface area contributed by atoms with Gasteiger partial charge in [-0.05, 0) is 43.0 Å². The third kappa shape index (κ3) is 3.57. The molecule has 116 valence electrons. The molecule has 1 aromatic rings. The topological polar surface area (TPSA) is 33.7 Å². The van der Waals surface area contributed by atoms with E-state index in [0.717, 1.165) is 38.6 Å². The van der Waals surface area contributed by atoms with Gasteiger partial charge in [0.1, 0.15) is 5.75 Å². The number of hydrogen-bond donors (Lipinski definition) is 1. The van der Waals surface area contributed by atoms with E-state index in [2.05, 4.69) is 35.3 Å². The fourth-order valence-corrected chi connectivity index (χ4v) is 3.45. The molecule has 1 aromatic carbocycles. The zero-order chi connectivity index (χ0) is 14.7. The van der Waals surface area contributed by atoms with E-state index < -0.39 is 0 Å². The van der Waals surface area contributed by atoms with Crippen LogP contribution in [-0.4, -0.2) is 50.9 Å². The fraction of sp³-hybridized carbons (Fsp3) is 0.647. The van der Waals surface area contributed by atoms with Gasteiger partial charge in [-0.25, -0.2) is 0 Å². The zero-order valence-electron chi connectivity index (χ0n) is 13.1. The van der Waals surface area contributed by atoms with Gasteiger partial charge in [0.05, 0.1) is 20.3 Å². The molecule has 0 saturated carbocycles. The second-order valence-corrected chi connectivity index (χ2v) is 6.14. The SMILES string of the molecule is COc1ccc2c(c1)C(NC(C)CN1CCOCC1)CC2. The lowest BCUT2D eigenvalue weighted by Crippen LogP contribution is -2.45. The molecule has 2 unspecified atom stereocenters. The van der Waals surface area contributed by atoms with E-state index in [1.54, 1.807) is 7.11 Å². The van der Waals surface area contributed by atoms with Gasteiger partial charge in [0.2, 0.25) is 0 Å². The van der Waals surface area contributed by atoms with Crippen molar-refractivity contribution in [1.29, 1.82) is 0 Å². The number of morpholine rings is 1. The molecular formula is C17H26N2O2. The lowest BCUT2D eigenvalue weighted by Gasteiger charge is -2.30.